The molecule has 0 aliphatic heterocycles. The molecule has 2 aromatic carbocycles. The zero-order chi connectivity index (χ0) is 15.2. The zero-order valence-corrected chi connectivity index (χ0v) is 12.4. The van der Waals surface area contributed by atoms with Gasteiger partial charge >= 0.3 is 5.97 Å². The number of anilines is 1. The van der Waals surface area contributed by atoms with E-state index in [1.165, 1.54) is 30.0 Å². The molecule has 0 atom stereocenters. The van der Waals surface area contributed by atoms with Crippen molar-refractivity contribution < 1.29 is 14.7 Å². The summed E-state index contributed by atoms with van der Waals surface area (Å²) in [5.74, 6) is -1.09. The Labute approximate surface area is 131 Å². The Morgan fingerprint density at radius 1 is 1.14 bits per heavy atom. The first-order valence-corrected chi connectivity index (χ1v) is 7.43. The number of amides is 1. The Morgan fingerprint density at radius 3 is 2.52 bits per heavy atom. The van der Waals surface area contributed by atoms with Gasteiger partial charge in [0.05, 0.1) is 22.0 Å². The van der Waals surface area contributed by atoms with Gasteiger partial charge in [0.25, 0.3) is 0 Å². The van der Waals surface area contributed by atoms with Crippen LogP contribution in [0.2, 0.25) is 5.02 Å². The molecule has 2 aromatic rings. The molecule has 0 aliphatic rings. The summed E-state index contributed by atoms with van der Waals surface area (Å²) in [6.07, 6.45) is 0. The average Bonchev–Trinajstić information content (AvgIpc) is 2.48. The average molecular weight is 322 g/mol. The number of benzene rings is 2. The van der Waals surface area contributed by atoms with Crippen molar-refractivity contribution in [1.29, 1.82) is 0 Å². The van der Waals surface area contributed by atoms with Gasteiger partial charge in [-0.15, -0.1) is 11.8 Å². The van der Waals surface area contributed by atoms with Crippen LogP contribution in [-0.4, -0.2) is 22.7 Å². The van der Waals surface area contributed by atoms with Gasteiger partial charge in [-0.2, -0.15) is 0 Å². The van der Waals surface area contributed by atoms with E-state index in [4.69, 9.17) is 16.7 Å². The van der Waals surface area contributed by atoms with Crippen molar-refractivity contribution in [1.82, 2.24) is 0 Å². The lowest BCUT2D eigenvalue weighted by molar-refractivity contribution is -0.113. The summed E-state index contributed by atoms with van der Waals surface area (Å²) >= 11 is 7.34. The van der Waals surface area contributed by atoms with Crippen LogP contribution in [0.25, 0.3) is 0 Å². The van der Waals surface area contributed by atoms with E-state index in [2.05, 4.69) is 5.32 Å². The monoisotopic (exact) mass is 321 g/mol. The van der Waals surface area contributed by atoms with E-state index in [-0.39, 0.29) is 17.2 Å². The first-order valence-electron chi connectivity index (χ1n) is 6.07. The highest BCUT2D eigenvalue weighted by atomic mass is 35.5. The fourth-order valence-electron chi connectivity index (χ4n) is 1.61. The van der Waals surface area contributed by atoms with Crippen LogP contribution in [-0.2, 0) is 4.79 Å². The number of carbonyl (C=O) groups excluding carboxylic acids is 1. The van der Waals surface area contributed by atoms with Gasteiger partial charge in [-0.1, -0.05) is 29.8 Å². The molecule has 0 radical (unpaired) electrons. The number of thioether (sulfide) groups is 1. The van der Waals surface area contributed by atoms with Crippen LogP contribution in [0.3, 0.4) is 0 Å². The number of carboxylic acid groups (broad SMARTS) is 1. The molecule has 0 saturated carbocycles. The minimum absolute atomic E-state index is 0.0745. The van der Waals surface area contributed by atoms with E-state index in [0.29, 0.717) is 10.7 Å². The molecule has 6 heteroatoms. The third-order valence-electron chi connectivity index (χ3n) is 2.60. The molecule has 2 N–H and O–H groups in total. The van der Waals surface area contributed by atoms with Crippen LogP contribution < -0.4 is 5.32 Å². The molecule has 0 aromatic heterocycles. The number of hydrogen-bond donors (Lipinski definition) is 2. The maximum absolute atomic E-state index is 11.9. The number of rotatable bonds is 5. The Balaban J connectivity index is 1.99. The molecule has 0 spiro atoms. The van der Waals surface area contributed by atoms with Gasteiger partial charge in [0.2, 0.25) is 5.91 Å². The Morgan fingerprint density at radius 2 is 1.86 bits per heavy atom. The van der Waals surface area contributed by atoms with Gasteiger partial charge < -0.3 is 10.4 Å². The van der Waals surface area contributed by atoms with Crippen molar-refractivity contribution in [2.24, 2.45) is 0 Å². The zero-order valence-electron chi connectivity index (χ0n) is 10.9. The van der Waals surface area contributed by atoms with E-state index in [1.807, 2.05) is 30.3 Å². The van der Waals surface area contributed by atoms with Gasteiger partial charge in [0.15, 0.2) is 0 Å². The quantitative estimate of drug-likeness (QED) is 0.823. The Kier molecular flexibility index (Phi) is 5.25. The first kappa shape index (κ1) is 15.4. The topological polar surface area (TPSA) is 66.4 Å². The molecular weight excluding hydrogens is 310 g/mol. The van der Waals surface area contributed by atoms with Crippen molar-refractivity contribution in [3.8, 4) is 0 Å². The van der Waals surface area contributed by atoms with Gasteiger partial charge in [-0.25, -0.2) is 4.79 Å². The number of nitrogens with one attached hydrogen (secondary N) is 1. The molecule has 108 valence electrons. The second-order valence-electron chi connectivity index (χ2n) is 4.15. The number of carbonyl (C=O) groups is 2. The normalized spacial score (nSPS) is 10.1. The minimum Gasteiger partial charge on any atom is -0.478 e. The highest BCUT2D eigenvalue weighted by Crippen LogP contribution is 2.24. The third-order valence-corrected chi connectivity index (χ3v) is 3.94. The van der Waals surface area contributed by atoms with E-state index in [9.17, 15) is 9.59 Å². The maximum Gasteiger partial charge on any atom is 0.335 e. The summed E-state index contributed by atoms with van der Waals surface area (Å²) in [5, 5.41) is 11.9. The second kappa shape index (κ2) is 7.15. The van der Waals surface area contributed by atoms with Crippen LogP contribution in [0.15, 0.2) is 53.4 Å². The lowest BCUT2D eigenvalue weighted by atomic mass is 10.2. The van der Waals surface area contributed by atoms with Crippen LogP contribution in [0.4, 0.5) is 5.69 Å². The van der Waals surface area contributed by atoms with Crippen molar-refractivity contribution >= 4 is 40.9 Å². The molecule has 0 saturated heterocycles. The number of aromatic carboxylic acids is 1. The number of hydrogen-bond acceptors (Lipinski definition) is 3. The van der Waals surface area contributed by atoms with Gasteiger partial charge in [-0.3, -0.25) is 4.79 Å². The molecular formula is C15H12ClNO3S. The van der Waals surface area contributed by atoms with Crippen LogP contribution in [0, 0.1) is 0 Å². The van der Waals surface area contributed by atoms with Crippen LogP contribution >= 0.6 is 23.4 Å². The van der Waals surface area contributed by atoms with Crippen LogP contribution in [0.1, 0.15) is 10.4 Å². The standard InChI is InChI=1S/C15H12ClNO3S/c16-12-7-6-10(15(19)20)8-13(12)17-14(18)9-21-11-4-2-1-3-5-11/h1-8H,9H2,(H,17,18)(H,19,20). The molecule has 0 aliphatic carbocycles. The van der Waals surface area contributed by atoms with Gasteiger partial charge in [0, 0.05) is 4.90 Å². The van der Waals surface area contributed by atoms with Crippen molar-refractivity contribution in [2.75, 3.05) is 11.1 Å². The summed E-state index contributed by atoms with van der Waals surface area (Å²) < 4.78 is 0. The SMILES string of the molecule is O=C(CSc1ccccc1)Nc1cc(C(=O)O)ccc1Cl. The van der Waals surface area contributed by atoms with E-state index in [0.717, 1.165) is 4.90 Å². The van der Waals surface area contributed by atoms with Crippen molar-refractivity contribution in [3.05, 3.63) is 59.1 Å². The molecule has 1 amide bonds. The number of halogens is 1. The summed E-state index contributed by atoms with van der Waals surface area (Å²) in [6.45, 7) is 0. The molecule has 0 unspecified atom stereocenters. The van der Waals surface area contributed by atoms with E-state index < -0.39 is 5.97 Å². The largest absolute Gasteiger partial charge is 0.478 e. The maximum atomic E-state index is 11.9. The summed E-state index contributed by atoms with van der Waals surface area (Å²) in [4.78, 5) is 23.8. The van der Waals surface area contributed by atoms with Crippen molar-refractivity contribution in [2.45, 2.75) is 4.90 Å². The summed E-state index contributed by atoms with van der Waals surface area (Å²) in [5.41, 5.74) is 0.376. The Bertz CT molecular complexity index is 661. The van der Waals surface area contributed by atoms with Crippen LogP contribution in [0.5, 0.6) is 0 Å². The fraction of sp³-hybridized carbons (Fsp3) is 0.0667. The predicted molar refractivity (Wildman–Crippen MR) is 84.2 cm³/mol. The first-order chi connectivity index (χ1) is 10.1. The Hall–Kier alpha value is -1.98. The predicted octanol–water partition coefficient (Wildman–Crippen LogP) is 3.77. The summed E-state index contributed by atoms with van der Waals surface area (Å²) in [6, 6.07) is 13.7. The number of carboxylic acids is 1. The molecule has 2 rings (SSSR count). The smallest absolute Gasteiger partial charge is 0.335 e. The minimum atomic E-state index is -1.07. The third kappa shape index (κ3) is 4.51. The summed E-state index contributed by atoms with van der Waals surface area (Å²) in [7, 11) is 0. The second-order valence-corrected chi connectivity index (χ2v) is 5.61. The lowest BCUT2D eigenvalue weighted by Crippen LogP contribution is -2.14. The molecule has 0 fully saturated rings. The van der Waals surface area contributed by atoms with Gasteiger partial charge in [0.1, 0.15) is 0 Å². The lowest BCUT2D eigenvalue weighted by Gasteiger charge is -2.08. The fourth-order valence-corrected chi connectivity index (χ4v) is 2.49. The highest BCUT2D eigenvalue weighted by Gasteiger charge is 2.10. The molecule has 0 bridgehead atoms. The van der Waals surface area contributed by atoms with Crippen molar-refractivity contribution in [3.63, 3.8) is 0 Å². The van der Waals surface area contributed by atoms with Gasteiger partial charge in [-0.05, 0) is 30.3 Å². The van der Waals surface area contributed by atoms with E-state index in [1.54, 1.807) is 0 Å². The molecule has 0 heterocycles. The van der Waals surface area contributed by atoms with E-state index >= 15 is 0 Å². The highest BCUT2D eigenvalue weighted by molar-refractivity contribution is 8.00. The molecule has 21 heavy (non-hydrogen) atoms. The molecule has 4 nitrogen and oxygen atoms in total.